The van der Waals surface area contributed by atoms with Gasteiger partial charge in [-0.25, -0.2) is 0 Å². The van der Waals surface area contributed by atoms with Crippen molar-refractivity contribution >= 4 is 11.4 Å². The van der Waals surface area contributed by atoms with E-state index in [2.05, 4.69) is 5.32 Å². The van der Waals surface area contributed by atoms with Crippen LogP contribution in [0.15, 0.2) is 18.2 Å². The van der Waals surface area contributed by atoms with Gasteiger partial charge in [0.15, 0.2) is 0 Å². The molecule has 5 heteroatoms. The average molecular weight is 224 g/mol. The minimum Gasteiger partial charge on any atom is -0.394 e. The van der Waals surface area contributed by atoms with Crippen molar-refractivity contribution in [3.63, 3.8) is 0 Å². The van der Waals surface area contributed by atoms with Gasteiger partial charge in [0.2, 0.25) is 0 Å². The van der Waals surface area contributed by atoms with E-state index in [-0.39, 0.29) is 18.3 Å². The highest BCUT2D eigenvalue weighted by Gasteiger charge is 2.10. The molecule has 0 radical (unpaired) electrons. The van der Waals surface area contributed by atoms with Crippen LogP contribution in [-0.2, 0) is 0 Å². The minimum absolute atomic E-state index is 0.0121. The Morgan fingerprint density at radius 2 is 2.19 bits per heavy atom. The van der Waals surface area contributed by atoms with Gasteiger partial charge in [0.25, 0.3) is 5.69 Å². The van der Waals surface area contributed by atoms with Gasteiger partial charge in [-0.2, -0.15) is 0 Å². The van der Waals surface area contributed by atoms with Crippen molar-refractivity contribution in [3.8, 4) is 0 Å². The van der Waals surface area contributed by atoms with Crippen LogP contribution in [0.5, 0.6) is 0 Å². The monoisotopic (exact) mass is 224 g/mol. The molecule has 0 heterocycles. The number of aliphatic hydroxyl groups is 1. The number of benzene rings is 1. The van der Waals surface area contributed by atoms with Gasteiger partial charge in [0, 0.05) is 23.9 Å². The molecule has 1 atom stereocenters. The highest BCUT2D eigenvalue weighted by Crippen LogP contribution is 2.21. The second kappa shape index (κ2) is 5.46. The summed E-state index contributed by atoms with van der Waals surface area (Å²) in [5.41, 5.74) is 1.56. The fourth-order valence-electron chi connectivity index (χ4n) is 1.46. The lowest BCUT2D eigenvalue weighted by Gasteiger charge is -2.15. The standard InChI is InChI=1S/C11H16N2O3/c1-3-9(7-14)12-10-4-8(2)5-11(6-10)13(15)16/h4-6,9,12,14H,3,7H2,1-2H3. The number of non-ortho nitro benzene ring substituents is 1. The summed E-state index contributed by atoms with van der Waals surface area (Å²) in [7, 11) is 0. The van der Waals surface area contributed by atoms with E-state index < -0.39 is 4.92 Å². The molecule has 1 rings (SSSR count). The van der Waals surface area contributed by atoms with Crippen LogP contribution >= 0.6 is 0 Å². The first-order valence-electron chi connectivity index (χ1n) is 5.20. The van der Waals surface area contributed by atoms with Crippen molar-refractivity contribution in [3.05, 3.63) is 33.9 Å². The number of hydrogen-bond donors (Lipinski definition) is 2. The Bertz CT molecular complexity index is 375. The first kappa shape index (κ1) is 12.4. The Morgan fingerprint density at radius 3 is 2.69 bits per heavy atom. The van der Waals surface area contributed by atoms with Gasteiger partial charge in [0.05, 0.1) is 11.5 Å². The Labute approximate surface area is 94.3 Å². The number of rotatable bonds is 5. The largest absolute Gasteiger partial charge is 0.394 e. The number of hydrogen-bond acceptors (Lipinski definition) is 4. The van der Waals surface area contributed by atoms with Gasteiger partial charge >= 0.3 is 0 Å². The molecule has 16 heavy (non-hydrogen) atoms. The van der Waals surface area contributed by atoms with Gasteiger partial charge in [-0.1, -0.05) is 6.92 Å². The Kier molecular flexibility index (Phi) is 4.25. The molecular weight excluding hydrogens is 208 g/mol. The van der Waals surface area contributed by atoms with Crippen LogP contribution in [-0.4, -0.2) is 22.7 Å². The van der Waals surface area contributed by atoms with Crippen molar-refractivity contribution in [2.75, 3.05) is 11.9 Å². The molecule has 0 aliphatic heterocycles. The lowest BCUT2D eigenvalue weighted by Crippen LogP contribution is -2.22. The van der Waals surface area contributed by atoms with Crippen molar-refractivity contribution in [2.45, 2.75) is 26.3 Å². The smallest absolute Gasteiger partial charge is 0.271 e. The maximum absolute atomic E-state index is 10.7. The van der Waals surface area contributed by atoms with Gasteiger partial charge in [-0.05, 0) is 25.0 Å². The molecule has 0 aliphatic carbocycles. The lowest BCUT2D eigenvalue weighted by atomic mass is 10.1. The predicted molar refractivity (Wildman–Crippen MR) is 62.6 cm³/mol. The SMILES string of the molecule is CCC(CO)Nc1cc(C)cc([N+](=O)[O-])c1. The first-order chi connectivity index (χ1) is 7.56. The maximum Gasteiger partial charge on any atom is 0.271 e. The molecule has 0 saturated carbocycles. The zero-order valence-electron chi connectivity index (χ0n) is 9.43. The third-order valence-corrected chi connectivity index (χ3v) is 2.36. The summed E-state index contributed by atoms with van der Waals surface area (Å²) in [6.07, 6.45) is 0.762. The fourth-order valence-corrected chi connectivity index (χ4v) is 1.46. The van der Waals surface area contributed by atoms with Crippen molar-refractivity contribution < 1.29 is 10.0 Å². The summed E-state index contributed by atoms with van der Waals surface area (Å²) >= 11 is 0. The number of anilines is 1. The van der Waals surface area contributed by atoms with Crippen molar-refractivity contribution in [1.29, 1.82) is 0 Å². The predicted octanol–water partition coefficient (Wildman–Crippen LogP) is 2.09. The molecule has 0 bridgehead atoms. The van der Waals surface area contributed by atoms with Crippen LogP contribution in [0, 0.1) is 17.0 Å². The summed E-state index contributed by atoms with van der Waals surface area (Å²) in [5.74, 6) is 0. The van der Waals surface area contributed by atoms with E-state index in [1.807, 2.05) is 13.0 Å². The van der Waals surface area contributed by atoms with E-state index in [4.69, 9.17) is 5.11 Å². The van der Waals surface area contributed by atoms with E-state index in [9.17, 15) is 10.1 Å². The van der Waals surface area contributed by atoms with Crippen molar-refractivity contribution in [2.24, 2.45) is 0 Å². The Hall–Kier alpha value is -1.62. The summed E-state index contributed by atoms with van der Waals surface area (Å²) in [6, 6.07) is 4.75. The molecule has 0 amide bonds. The van der Waals surface area contributed by atoms with Crippen LogP contribution in [0.1, 0.15) is 18.9 Å². The summed E-state index contributed by atoms with van der Waals surface area (Å²) < 4.78 is 0. The second-order valence-corrected chi connectivity index (χ2v) is 3.75. The molecule has 0 spiro atoms. The number of aryl methyl sites for hydroxylation is 1. The van der Waals surface area contributed by atoms with Gasteiger partial charge in [0.1, 0.15) is 0 Å². The van der Waals surface area contributed by atoms with E-state index in [1.54, 1.807) is 6.92 Å². The van der Waals surface area contributed by atoms with Gasteiger partial charge < -0.3 is 10.4 Å². The quantitative estimate of drug-likeness (QED) is 0.593. The van der Waals surface area contributed by atoms with E-state index in [0.717, 1.165) is 12.0 Å². The maximum atomic E-state index is 10.7. The van der Waals surface area contributed by atoms with Crippen molar-refractivity contribution in [1.82, 2.24) is 0 Å². The Morgan fingerprint density at radius 1 is 1.50 bits per heavy atom. The number of nitro groups is 1. The molecule has 0 aromatic heterocycles. The number of nitro benzene ring substituents is 1. The lowest BCUT2D eigenvalue weighted by molar-refractivity contribution is -0.384. The second-order valence-electron chi connectivity index (χ2n) is 3.75. The van der Waals surface area contributed by atoms with Crippen LogP contribution in [0.3, 0.4) is 0 Å². The molecular formula is C11H16N2O3. The molecule has 1 aromatic carbocycles. The number of nitrogens with one attached hydrogen (secondary N) is 1. The summed E-state index contributed by atoms with van der Waals surface area (Å²) in [6.45, 7) is 3.76. The van der Waals surface area contributed by atoms with E-state index >= 15 is 0 Å². The Balaban J connectivity index is 2.91. The summed E-state index contributed by atoms with van der Waals surface area (Å²) in [4.78, 5) is 10.2. The molecule has 2 N–H and O–H groups in total. The number of nitrogens with zero attached hydrogens (tertiary/aromatic N) is 1. The van der Waals surface area contributed by atoms with Crippen LogP contribution in [0.4, 0.5) is 11.4 Å². The number of aliphatic hydroxyl groups excluding tert-OH is 1. The normalized spacial score (nSPS) is 12.2. The average Bonchev–Trinajstić information content (AvgIpc) is 2.25. The van der Waals surface area contributed by atoms with Gasteiger partial charge in [-0.15, -0.1) is 0 Å². The highest BCUT2D eigenvalue weighted by atomic mass is 16.6. The molecule has 0 fully saturated rings. The van der Waals surface area contributed by atoms with Gasteiger partial charge in [-0.3, -0.25) is 10.1 Å². The third-order valence-electron chi connectivity index (χ3n) is 2.36. The third kappa shape index (κ3) is 3.20. The molecule has 5 nitrogen and oxygen atoms in total. The zero-order valence-corrected chi connectivity index (χ0v) is 9.43. The molecule has 1 unspecified atom stereocenters. The fraction of sp³-hybridized carbons (Fsp3) is 0.455. The van der Waals surface area contributed by atoms with Crippen LogP contribution in [0.25, 0.3) is 0 Å². The molecule has 0 saturated heterocycles. The molecule has 1 aromatic rings. The van der Waals surface area contributed by atoms with E-state index in [1.165, 1.54) is 12.1 Å². The summed E-state index contributed by atoms with van der Waals surface area (Å²) in [5, 5.41) is 22.8. The van der Waals surface area contributed by atoms with Crippen LogP contribution < -0.4 is 5.32 Å². The molecule has 0 aliphatic rings. The van der Waals surface area contributed by atoms with E-state index in [0.29, 0.717) is 5.69 Å². The highest BCUT2D eigenvalue weighted by molar-refractivity contribution is 5.54. The minimum atomic E-state index is -0.419. The van der Waals surface area contributed by atoms with Crippen LogP contribution in [0.2, 0.25) is 0 Å². The topological polar surface area (TPSA) is 75.4 Å². The zero-order chi connectivity index (χ0) is 12.1. The molecule has 88 valence electrons. The first-order valence-corrected chi connectivity index (χ1v) is 5.20.